The van der Waals surface area contributed by atoms with Gasteiger partial charge >= 0.3 is 0 Å². The van der Waals surface area contributed by atoms with Crippen molar-refractivity contribution in [2.24, 2.45) is 5.92 Å². The third kappa shape index (κ3) is 4.44. The van der Waals surface area contributed by atoms with E-state index in [9.17, 15) is 0 Å². The van der Waals surface area contributed by atoms with Gasteiger partial charge in [0, 0.05) is 16.8 Å². The first-order chi connectivity index (χ1) is 7.49. The van der Waals surface area contributed by atoms with Crippen LogP contribution in [0.25, 0.3) is 0 Å². The minimum absolute atomic E-state index is 0.500. The van der Waals surface area contributed by atoms with Gasteiger partial charge in [-0.15, -0.1) is 0 Å². The van der Waals surface area contributed by atoms with Crippen LogP contribution in [0.15, 0.2) is 18.2 Å². The molecular weight excluding hydrogens is 218 g/mol. The predicted octanol–water partition coefficient (Wildman–Crippen LogP) is 4.89. The van der Waals surface area contributed by atoms with Crippen molar-refractivity contribution < 1.29 is 0 Å². The molecule has 0 amide bonds. The molecule has 1 rings (SSSR count). The highest BCUT2D eigenvalue weighted by Gasteiger charge is 2.05. The van der Waals surface area contributed by atoms with E-state index in [0.29, 0.717) is 6.04 Å². The van der Waals surface area contributed by atoms with Gasteiger partial charge < -0.3 is 5.32 Å². The number of hydrogen-bond acceptors (Lipinski definition) is 1. The zero-order chi connectivity index (χ0) is 12.1. The van der Waals surface area contributed by atoms with Crippen LogP contribution in [0.4, 0.5) is 5.69 Å². The van der Waals surface area contributed by atoms with Gasteiger partial charge in [0.25, 0.3) is 0 Å². The van der Waals surface area contributed by atoms with Gasteiger partial charge in [0.1, 0.15) is 0 Å². The first-order valence-corrected chi connectivity index (χ1v) is 6.39. The number of halogens is 1. The summed E-state index contributed by atoms with van der Waals surface area (Å²) in [5, 5.41) is 4.32. The van der Waals surface area contributed by atoms with E-state index in [2.05, 4.69) is 39.1 Å². The van der Waals surface area contributed by atoms with Crippen molar-refractivity contribution >= 4 is 17.3 Å². The first-order valence-electron chi connectivity index (χ1n) is 6.01. The maximum Gasteiger partial charge on any atom is 0.0426 e. The van der Waals surface area contributed by atoms with Gasteiger partial charge in [0.2, 0.25) is 0 Å². The van der Waals surface area contributed by atoms with Crippen LogP contribution in [-0.2, 0) is 0 Å². The highest BCUT2D eigenvalue weighted by Crippen LogP contribution is 2.22. The van der Waals surface area contributed by atoms with E-state index >= 15 is 0 Å². The fourth-order valence-corrected chi connectivity index (χ4v) is 1.84. The molecule has 0 aliphatic carbocycles. The Morgan fingerprint density at radius 1 is 1.19 bits per heavy atom. The molecule has 1 aromatic carbocycles. The topological polar surface area (TPSA) is 12.0 Å². The normalized spacial score (nSPS) is 12.9. The van der Waals surface area contributed by atoms with Crippen LogP contribution >= 0.6 is 11.6 Å². The van der Waals surface area contributed by atoms with Crippen LogP contribution in [-0.4, -0.2) is 6.04 Å². The zero-order valence-corrected chi connectivity index (χ0v) is 11.4. The lowest BCUT2D eigenvalue weighted by Crippen LogP contribution is -2.16. The fraction of sp³-hybridized carbons (Fsp3) is 0.571. The molecule has 0 aliphatic heterocycles. The van der Waals surface area contributed by atoms with Gasteiger partial charge in [-0.2, -0.15) is 0 Å². The highest BCUT2D eigenvalue weighted by atomic mass is 35.5. The van der Waals surface area contributed by atoms with Crippen molar-refractivity contribution in [3.05, 3.63) is 28.8 Å². The Morgan fingerprint density at radius 2 is 1.88 bits per heavy atom. The van der Waals surface area contributed by atoms with E-state index in [0.717, 1.165) is 16.6 Å². The quantitative estimate of drug-likeness (QED) is 0.772. The van der Waals surface area contributed by atoms with E-state index < -0.39 is 0 Å². The minimum atomic E-state index is 0.500. The summed E-state index contributed by atoms with van der Waals surface area (Å²) in [4.78, 5) is 0. The number of anilines is 1. The molecule has 90 valence electrons. The van der Waals surface area contributed by atoms with E-state index in [1.807, 2.05) is 12.1 Å². The second-order valence-corrected chi connectivity index (χ2v) is 5.41. The molecule has 16 heavy (non-hydrogen) atoms. The molecule has 0 saturated carbocycles. The van der Waals surface area contributed by atoms with Crippen molar-refractivity contribution in [1.82, 2.24) is 0 Å². The van der Waals surface area contributed by atoms with Crippen molar-refractivity contribution in [1.29, 1.82) is 0 Å². The Bertz CT molecular complexity index is 334. The lowest BCUT2D eigenvalue weighted by Gasteiger charge is -2.18. The SMILES string of the molecule is Cc1ccc(Cl)cc1NC(C)CCC(C)C. The van der Waals surface area contributed by atoms with E-state index in [-0.39, 0.29) is 0 Å². The van der Waals surface area contributed by atoms with Crippen molar-refractivity contribution in [3.63, 3.8) is 0 Å². The van der Waals surface area contributed by atoms with Gasteiger partial charge in [0.05, 0.1) is 0 Å². The van der Waals surface area contributed by atoms with Gasteiger partial charge in [-0.3, -0.25) is 0 Å². The largest absolute Gasteiger partial charge is 0.382 e. The van der Waals surface area contributed by atoms with E-state index in [4.69, 9.17) is 11.6 Å². The summed E-state index contributed by atoms with van der Waals surface area (Å²) in [5.41, 5.74) is 2.41. The zero-order valence-electron chi connectivity index (χ0n) is 10.7. The molecule has 1 atom stereocenters. The standard InChI is InChI=1S/C14H22ClN/c1-10(2)5-7-12(4)16-14-9-13(15)8-6-11(14)3/h6,8-10,12,16H,5,7H2,1-4H3. The van der Waals surface area contributed by atoms with Crippen LogP contribution in [0.5, 0.6) is 0 Å². The summed E-state index contributed by atoms with van der Waals surface area (Å²) in [7, 11) is 0. The summed E-state index contributed by atoms with van der Waals surface area (Å²) >= 11 is 5.99. The summed E-state index contributed by atoms with van der Waals surface area (Å²) < 4.78 is 0. The molecule has 0 bridgehead atoms. The Labute approximate surface area is 104 Å². The second-order valence-electron chi connectivity index (χ2n) is 4.98. The molecule has 1 N–H and O–H groups in total. The van der Waals surface area contributed by atoms with Crippen LogP contribution in [0, 0.1) is 12.8 Å². The molecule has 0 heterocycles. The predicted molar refractivity (Wildman–Crippen MR) is 73.3 cm³/mol. The number of aryl methyl sites for hydroxylation is 1. The molecule has 0 aromatic heterocycles. The summed E-state index contributed by atoms with van der Waals surface area (Å²) in [6.07, 6.45) is 2.46. The smallest absolute Gasteiger partial charge is 0.0426 e. The number of benzene rings is 1. The Kier molecular flexibility index (Phi) is 5.14. The number of hydrogen-bond donors (Lipinski definition) is 1. The third-order valence-corrected chi connectivity index (χ3v) is 3.01. The molecule has 1 aromatic rings. The lowest BCUT2D eigenvalue weighted by molar-refractivity contribution is 0.527. The van der Waals surface area contributed by atoms with Crippen LogP contribution in [0.1, 0.15) is 39.2 Å². The van der Waals surface area contributed by atoms with Gasteiger partial charge in [-0.25, -0.2) is 0 Å². The summed E-state index contributed by atoms with van der Waals surface area (Å²) in [5.74, 6) is 0.768. The molecule has 1 unspecified atom stereocenters. The molecule has 1 nitrogen and oxygen atoms in total. The second kappa shape index (κ2) is 6.15. The molecule has 0 saturated heterocycles. The average molecular weight is 240 g/mol. The first kappa shape index (κ1) is 13.4. The fourth-order valence-electron chi connectivity index (χ4n) is 1.67. The van der Waals surface area contributed by atoms with Crippen molar-refractivity contribution in [2.45, 2.75) is 46.6 Å². The Balaban J connectivity index is 2.55. The minimum Gasteiger partial charge on any atom is -0.382 e. The number of nitrogens with one attached hydrogen (secondary N) is 1. The maximum atomic E-state index is 5.99. The van der Waals surface area contributed by atoms with Gasteiger partial charge in [-0.05, 0) is 50.3 Å². The monoisotopic (exact) mass is 239 g/mol. The van der Waals surface area contributed by atoms with Crippen LogP contribution in [0.3, 0.4) is 0 Å². The lowest BCUT2D eigenvalue weighted by atomic mass is 10.0. The average Bonchev–Trinajstić information content (AvgIpc) is 2.20. The molecular formula is C14H22ClN. The van der Waals surface area contributed by atoms with Gasteiger partial charge in [-0.1, -0.05) is 31.5 Å². The Hall–Kier alpha value is -0.690. The third-order valence-electron chi connectivity index (χ3n) is 2.78. The van der Waals surface area contributed by atoms with Crippen molar-refractivity contribution in [2.75, 3.05) is 5.32 Å². The molecule has 0 spiro atoms. The number of rotatable bonds is 5. The molecule has 2 heteroatoms. The Morgan fingerprint density at radius 3 is 2.50 bits per heavy atom. The summed E-state index contributed by atoms with van der Waals surface area (Å²) in [6, 6.07) is 6.49. The van der Waals surface area contributed by atoms with Crippen LogP contribution in [0.2, 0.25) is 5.02 Å². The van der Waals surface area contributed by atoms with Crippen molar-refractivity contribution in [3.8, 4) is 0 Å². The molecule has 0 fully saturated rings. The highest BCUT2D eigenvalue weighted by molar-refractivity contribution is 6.30. The van der Waals surface area contributed by atoms with E-state index in [1.54, 1.807) is 0 Å². The summed E-state index contributed by atoms with van der Waals surface area (Å²) in [6.45, 7) is 8.85. The van der Waals surface area contributed by atoms with Gasteiger partial charge in [0.15, 0.2) is 0 Å². The maximum absolute atomic E-state index is 5.99. The van der Waals surface area contributed by atoms with E-state index in [1.165, 1.54) is 18.4 Å². The molecule has 0 radical (unpaired) electrons. The molecule has 0 aliphatic rings. The van der Waals surface area contributed by atoms with Crippen LogP contribution < -0.4 is 5.32 Å².